The van der Waals surface area contributed by atoms with Gasteiger partial charge in [0.25, 0.3) is 0 Å². The van der Waals surface area contributed by atoms with Crippen molar-refractivity contribution in [1.82, 2.24) is 10.2 Å². The lowest BCUT2D eigenvalue weighted by molar-refractivity contribution is -0.140. The molecule has 0 unspecified atom stereocenters. The van der Waals surface area contributed by atoms with Gasteiger partial charge in [0.2, 0.25) is 0 Å². The van der Waals surface area contributed by atoms with Crippen LogP contribution >= 0.6 is 0 Å². The molecule has 0 heterocycles. The molecule has 1 atom stereocenters. The summed E-state index contributed by atoms with van der Waals surface area (Å²) in [7, 11) is 1.52. The number of hydrogen-bond acceptors (Lipinski definition) is 4. The van der Waals surface area contributed by atoms with Crippen LogP contribution in [0.15, 0.2) is 0 Å². The third kappa shape index (κ3) is 5.43. The van der Waals surface area contributed by atoms with Gasteiger partial charge in [-0.3, -0.25) is 4.79 Å². The summed E-state index contributed by atoms with van der Waals surface area (Å²) in [6.07, 6.45) is 1.34. The minimum absolute atomic E-state index is 0.124. The van der Waals surface area contributed by atoms with Crippen molar-refractivity contribution in [2.24, 2.45) is 0 Å². The van der Waals surface area contributed by atoms with Crippen LogP contribution in [0.25, 0.3) is 0 Å². The molecule has 1 rings (SSSR count). The van der Waals surface area contributed by atoms with E-state index in [0.717, 1.165) is 12.8 Å². The van der Waals surface area contributed by atoms with Gasteiger partial charge in [-0.05, 0) is 19.3 Å². The van der Waals surface area contributed by atoms with Crippen molar-refractivity contribution in [1.29, 1.82) is 0 Å². The molecule has 8 heteroatoms. The average molecular weight is 288 g/mol. The lowest BCUT2D eigenvalue weighted by Crippen LogP contribution is -2.49. The van der Waals surface area contributed by atoms with Crippen LogP contribution in [0.1, 0.15) is 25.7 Å². The van der Waals surface area contributed by atoms with E-state index in [1.54, 1.807) is 4.90 Å². The molecule has 2 amide bonds. The Balaban J connectivity index is 2.53. The number of carbonyl (C=O) groups excluding carboxylic acids is 1. The molecule has 1 aliphatic carbocycles. The van der Waals surface area contributed by atoms with Gasteiger partial charge >= 0.3 is 18.0 Å². The summed E-state index contributed by atoms with van der Waals surface area (Å²) in [5.74, 6) is -2.33. The number of nitrogens with zero attached hydrogens (tertiary/aromatic N) is 1. The van der Waals surface area contributed by atoms with Gasteiger partial charge in [0.15, 0.2) is 0 Å². The largest absolute Gasteiger partial charge is 0.481 e. The van der Waals surface area contributed by atoms with Gasteiger partial charge in [-0.1, -0.05) is 0 Å². The summed E-state index contributed by atoms with van der Waals surface area (Å²) < 4.78 is 4.92. The zero-order valence-corrected chi connectivity index (χ0v) is 11.4. The SMILES string of the molecule is COCCN(C(=O)N[C@@H](CCC(=O)O)C(=O)O)C1CC1. The smallest absolute Gasteiger partial charge is 0.326 e. The van der Waals surface area contributed by atoms with Gasteiger partial charge in [0.1, 0.15) is 6.04 Å². The Morgan fingerprint density at radius 2 is 2.00 bits per heavy atom. The maximum atomic E-state index is 12.0. The maximum Gasteiger partial charge on any atom is 0.326 e. The first-order valence-electron chi connectivity index (χ1n) is 6.46. The Morgan fingerprint density at radius 1 is 1.35 bits per heavy atom. The molecule has 1 fully saturated rings. The molecule has 114 valence electrons. The fraction of sp³-hybridized carbons (Fsp3) is 0.750. The Labute approximate surface area is 116 Å². The molecule has 0 aromatic rings. The van der Waals surface area contributed by atoms with Crippen molar-refractivity contribution in [3.63, 3.8) is 0 Å². The summed E-state index contributed by atoms with van der Waals surface area (Å²) in [6, 6.07) is -1.55. The minimum Gasteiger partial charge on any atom is -0.481 e. The van der Waals surface area contributed by atoms with Crippen molar-refractivity contribution in [2.45, 2.75) is 37.8 Å². The van der Waals surface area contributed by atoms with E-state index >= 15 is 0 Å². The van der Waals surface area contributed by atoms with Crippen LogP contribution in [0.4, 0.5) is 4.79 Å². The second kappa shape index (κ2) is 7.68. The van der Waals surface area contributed by atoms with Crippen LogP contribution in [-0.4, -0.2) is 65.4 Å². The molecule has 1 saturated carbocycles. The maximum absolute atomic E-state index is 12.0. The summed E-state index contributed by atoms with van der Waals surface area (Å²) in [6.45, 7) is 0.759. The Bertz CT molecular complexity index is 369. The highest BCUT2D eigenvalue weighted by atomic mass is 16.5. The van der Waals surface area contributed by atoms with Gasteiger partial charge in [-0.25, -0.2) is 9.59 Å². The van der Waals surface area contributed by atoms with Gasteiger partial charge in [-0.2, -0.15) is 0 Å². The van der Waals surface area contributed by atoms with Crippen LogP contribution in [-0.2, 0) is 14.3 Å². The number of carboxylic acid groups (broad SMARTS) is 2. The topological polar surface area (TPSA) is 116 Å². The molecular formula is C12H20N2O6. The average Bonchev–Trinajstić information content (AvgIpc) is 3.18. The predicted octanol–water partition coefficient (Wildman–Crippen LogP) is 0.125. The number of amides is 2. The molecule has 20 heavy (non-hydrogen) atoms. The molecule has 0 radical (unpaired) electrons. The van der Waals surface area contributed by atoms with Gasteiger partial charge in [-0.15, -0.1) is 0 Å². The molecule has 0 spiro atoms. The van der Waals surface area contributed by atoms with Crippen molar-refractivity contribution >= 4 is 18.0 Å². The lowest BCUT2D eigenvalue weighted by atomic mass is 10.1. The number of carbonyl (C=O) groups is 3. The summed E-state index contributed by atoms with van der Waals surface area (Å²) in [4.78, 5) is 35.1. The van der Waals surface area contributed by atoms with Crippen LogP contribution in [0.2, 0.25) is 0 Å². The fourth-order valence-electron chi connectivity index (χ4n) is 1.78. The van der Waals surface area contributed by atoms with E-state index < -0.39 is 24.0 Å². The van der Waals surface area contributed by atoms with Crippen molar-refractivity contribution in [3.05, 3.63) is 0 Å². The molecule has 0 aliphatic heterocycles. The van der Waals surface area contributed by atoms with E-state index in [0.29, 0.717) is 13.2 Å². The number of ether oxygens (including phenoxy) is 1. The van der Waals surface area contributed by atoms with Crippen LogP contribution in [0.5, 0.6) is 0 Å². The Hall–Kier alpha value is -1.83. The van der Waals surface area contributed by atoms with Crippen LogP contribution in [0, 0.1) is 0 Å². The molecule has 0 aromatic heterocycles. The number of nitrogens with one attached hydrogen (secondary N) is 1. The van der Waals surface area contributed by atoms with E-state index in [1.807, 2.05) is 0 Å². The zero-order chi connectivity index (χ0) is 15.1. The van der Waals surface area contributed by atoms with E-state index in [2.05, 4.69) is 5.32 Å². The van der Waals surface area contributed by atoms with Crippen LogP contribution < -0.4 is 5.32 Å². The number of rotatable bonds is 9. The van der Waals surface area contributed by atoms with Crippen LogP contribution in [0.3, 0.4) is 0 Å². The molecule has 8 nitrogen and oxygen atoms in total. The second-order valence-corrected chi connectivity index (χ2v) is 4.69. The second-order valence-electron chi connectivity index (χ2n) is 4.69. The van der Waals surface area contributed by atoms with Crippen molar-refractivity contribution in [3.8, 4) is 0 Å². The van der Waals surface area contributed by atoms with E-state index in [4.69, 9.17) is 14.9 Å². The number of methoxy groups -OCH3 is 1. The highest BCUT2D eigenvalue weighted by molar-refractivity contribution is 5.83. The molecular weight excluding hydrogens is 268 g/mol. The third-order valence-corrected chi connectivity index (χ3v) is 3.03. The molecule has 1 aliphatic rings. The van der Waals surface area contributed by atoms with Crippen molar-refractivity contribution in [2.75, 3.05) is 20.3 Å². The zero-order valence-electron chi connectivity index (χ0n) is 11.4. The first-order chi connectivity index (χ1) is 9.45. The number of hydrogen-bond donors (Lipinski definition) is 3. The number of carboxylic acids is 2. The van der Waals surface area contributed by atoms with E-state index in [1.165, 1.54) is 7.11 Å². The van der Waals surface area contributed by atoms with Crippen molar-refractivity contribution < 1.29 is 29.3 Å². The van der Waals surface area contributed by atoms with E-state index in [-0.39, 0.29) is 18.9 Å². The highest BCUT2D eigenvalue weighted by Gasteiger charge is 2.34. The first kappa shape index (κ1) is 16.2. The molecule has 0 bridgehead atoms. The fourth-order valence-corrected chi connectivity index (χ4v) is 1.78. The van der Waals surface area contributed by atoms with Gasteiger partial charge in [0, 0.05) is 26.1 Å². The summed E-state index contributed by atoms with van der Waals surface area (Å²) in [5.41, 5.74) is 0. The molecule has 0 saturated heterocycles. The monoisotopic (exact) mass is 288 g/mol. The Morgan fingerprint density at radius 3 is 2.45 bits per heavy atom. The molecule has 3 N–H and O–H groups in total. The van der Waals surface area contributed by atoms with E-state index in [9.17, 15) is 14.4 Å². The number of urea groups is 1. The highest BCUT2D eigenvalue weighted by Crippen LogP contribution is 2.26. The molecule has 0 aromatic carbocycles. The first-order valence-corrected chi connectivity index (χ1v) is 6.46. The standard InChI is InChI=1S/C12H20N2O6/c1-20-7-6-14(8-2-3-8)12(19)13-9(11(17)18)4-5-10(15)16/h8-9H,2-7H2,1H3,(H,13,19)(H,15,16)(H,17,18)/t9-/m0/s1. The third-order valence-electron chi connectivity index (χ3n) is 3.03. The normalized spacial score (nSPS) is 15.4. The van der Waals surface area contributed by atoms with Gasteiger partial charge < -0.3 is 25.2 Å². The summed E-state index contributed by atoms with van der Waals surface area (Å²) >= 11 is 0. The predicted molar refractivity (Wildman–Crippen MR) is 68.4 cm³/mol. The number of aliphatic carboxylic acids is 2. The minimum atomic E-state index is -1.23. The quantitative estimate of drug-likeness (QED) is 0.555. The Kier molecular flexibility index (Phi) is 6.23. The lowest BCUT2D eigenvalue weighted by Gasteiger charge is -2.24. The summed E-state index contributed by atoms with van der Waals surface area (Å²) in [5, 5.41) is 19.9. The van der Waals surface area contributed by atoms with Gasteiger partial charge in [0.05, 0.1) is 6.61 Å².